The van der Waals surface area contributed by atoms with E-state index in [0.29, 0.717) is 66.9 Å². The number of carboxylic acid groups (broad SMARTS) is 1. The summed E-state index contributed by atoms with van der Waals surface area (Å²) >= 11 is 1.31. The van der Waals surface area contributed by atoms with Gasteiger partial charge >= 0.3 is 5.97 Å². The van der Waals surface area contributed by atoms with E-state index in [4.69, 9.17) is 9.47 Å². The molecule has 176 valence electrons. The van der Waals surface area contributed by atoms with Gasteiger partial charge in [0.2, 0.25) is 5.43 Å². The average molecular weight is 478 g/mol. The van der Waals surface area contributed by atoms with Gasteiger partial charge in [0, 0.05) is 31.6 Å². The third-order valence-electron chi connectivity index (χ3n) is 6.06. The lowest BCUT2D eigenvalue weighted by Crippen LogP contribution is -2.47. The molecule has 9 nitrogen and oxygen atoms in total. The van der Waals surface area contributed by atoms with E-state index in [9.17, 15) is 19.5 Å². The minimum Gasteiger partial charge on any atom is -0.498 e. The number of allylic oxidation sites excluding steroid dienone is 1. The van der Waals surface area contributed by atoms with Crippen molar-refractivity contribution in [2.45, 2.75) is 24.2 Å². The Labute approximate surface area is 193 Å². The molecule has 3 heterocycles. The fraction of sp³-hybridized carbons (Fsp3) is 0.409. The Morgan fingerprint density at radius 2 is 2.00 bits per heavy atom. The molecule has 0 saturated carbocycles. The number of hydrogen-bond acceptors (Lipinski definition) is 8. The van der Waals surface area contributed by atoms with E-state index < -0.39 is 17.2 Å². The van der Waals surface area contributed by atoms with Crippen LogP contribution in [0.3, 0.4) is 0 Å². The lowest BCUT2D eigenvalue weighted by molar-refractivity contribution is -0.125. The van der Waals surface area contributed by atoms with E-state index in [0.717, 1.165) is 6.07 Å². The molecule has 1 atom stereocenters. The number of carbonyl (C=O) groups is 2. The number of anilines is 1. The third kappa shape index (κ3) is 4.06. The molecule has 0 bridgehead atoms. The molecule has 1 aromatic heterocycles. The van der Waals surface area contributed by atoms with Crippen LogP contribution in [0.5, 0.6) is 0 Å². The van der Waals surface area contributed by atoms with Crippen LogP contribution in [0.25, 0.3) is 10.9 Å². The van der Waals surface area contributed by atoms with Crippen molar-refractivity contribution in [3.05, 3.63) is 45.3 Å². The van der Waals surface area contributed by atoms with Crippen LogP contribution < -0.4 is 10.3 Å². The van der Waals surface area contributed by atoms with E-state index in [1.54, 1.807) is 17.6 Å². The molecular formula is C22H24FN3O6S. The summed E-state index contributed by atoms with van der Waals surface area (Å²) in [5.41, 5.74) is -0.0673. The average Bonchev–Trinajstić information content (AvgIpc) is 2.78. The lowest BCUT2D eigenvalue weighted by atomic mass is 10.1. The zero-order valence-electron chi connectivity index (χ0n) is 18.5. The highest BCUT2D eigenvalue weighted by molar-refractivity contribution is 8.00. The lowest BCUT2D eigenvalue weighted by Gasteiger charge is -2.37. The predicted molar refractivity (Wildman–Crippen MR) is 121 cm³/mol. The monoisotopic (exact) mass is 477 g/mol. The van der Waals surface area contributed by atoms with Crippen LogP contribution >= 0.6 is 11.8 Å². The molecule has 4 rings (SSSR count). The normalized spacial score (nSPS) is 18.9. The molecule has 2 aromatic rings. The third-order valence-corrected chi connectivity index (χ3v) is 7.23. The second-order valence-corrected chi connectivity index (χ2v) is 9.19. The van der Waals surface area contributed by atoms with Crippen LogP contribution in [0.1, 0.15) is 29.6 Å². The van der Waals surface area contributed by atoms with Crippen molar-refractivity contribution in [2.75, 3.05) is 44.7 Å². The number of carboxylic acids is 1. The van der Waals surface area contributed by atoms with Gasteiger partial charge in [0.1, 0.15) is 17.1 Å². The molecule has 0 aliphatic carbocycles. The van der Waals surface area contributed by atoms with Crippen molar-refractivity contribution in [3.63, 3.8) is 0 Å². The first-order chi connectivity index (χ1) is 15.8. The topological polar surface area (TPSA) is 101 Å². The molecule has 0 amide bonds. The largest absolute Gasteiger partial charge is 0.498 e. The van der Waals surface area contributed by atoms with Crippen LogP contribution in [0, 0.1) is 5.82 Å². The molecule has 0 radical (unpaired) electrons. The van der Waals surface area contributed by atoms with Crippen molar-refractivity contribution in [3.8, 4) is 0 Å². The number of aromatic nitrogens is 1. The maximum absolute atomic E-state index is 15.1. The second kappa shape index (κ2) is 9.06. The van der Waals surface area contributed by atoms with Gasteiger partial charge in [-0.1, -0.05) is 11.8 Å². The van der Waals surface area contributed by atoms with Gasteiger partial charge in [-0.25, -0.2) is 9.18 Å². The number of fused-ring (bicyclic) bond motifs is 3. The number of piperazine rings is 1. The fourth-order valence-corrected chi connectivity index (χ4v) is 5.37. The summed E-state index contributed by atoms with van der Waals surface area (Å²) in [5.74, 6) is -0.927. The van der Waals surface area contributed by atoms with Gasteiger partial charge in [-0.3, -0.25) is 14.5 Å². The van der Waals surface area contributed by atoms with Gasteiger partial charge in [0.15, 0.2) is 5.76 Å². The van der Waals surface area contributed by atoms with Crippen LogP contribution in [0.4, 0.5) is 10.1 Å². The fourth-order valence-electron chi connectivity index (χ4n) is 4.22. The van der Waals surface area contributed by atoms with Crippen molar-refractivity contribution >= 4 is 40.8 Å². The smallest absolute Gasteiger partial charge is 0.342 e. The number of aromatic carboxylic acids is 1. The number of carbonyl (C=O) groups excluding carboxylic acids is 1. The molecule has 1 aromatic carbocycles. The Morgan fingerprint density at radius 3 is 2.58 bits per heavy atom. The van der Waals surface area contributed by atoms with Crippen molar-refractivity contribution < 1.29 is 28.6 Å². The number of hydrogen-bond donors (Lipinski definition) is 1. The number of methoxy groups -OCH3 is 1. The van der Waals surface area contributed by atoms with Crippen LogP contribution in [0.15, 0.2) is 33.5 Å². The number of halogens is 1. The van der Waals surface area contributed by atoms with E-state index in [1.807, 2.05) is 11.8 Å². The highest BCUT2D eigenvalue weighted by Gasteiger charge is 2.33. The summed E-state index contributed by atoms with van der Waals surface area (Å²) in [5, 5.41) is 9.89. The quantitative estimate of drug-likeness (QED) is 0.476. The molecule has 33 heavy (non-hydrogen) atoms. The standard InChI is InChI=1S/C22H24FN3O6S/c1-12(31-3)18(32-11-27)10-24-4-6-25(7-5-24)17-9-16-14(8-15(17)23)20(28)19(22(29)30)21-26(16)13(2)33-21/h8-9,11,13H,4-7,10H2,1-3H3,(H,29,30). The second-order valence-electron chi connectivity index (χ2n) is 7.88. The van der Waals surface area contributed by atoms with Gasteiger partial charge in [-0.15, -0.1) is 0 Å². The Balaban J connectivity index is 1.61. The zero-order valence-corrected chi connectivity index (χ0v) is 19.3. The summed E-state index contributed by atoms with van der Waals surface area (Å²) in [6.45, 7) is 6.63. The van der Waals surface area contributed by atoms with Crippen molar-refractivity contribution in [1.82, 2.24) is 9.47 Å². The highest BCUT2D eigenvalue weighted by Crippen LogP contribution is 2.46. The molecule has 1 N–H and O–H groups in total. The summed E-state index contributed by atoms with van der Waals surface area (Å²) < 4.78 is 27.1. The minimum absolute atomic E-state index is 0.0524. The van der Waals surface area contributed by atoms with Gasteiger partial charge in [-0.05, 0) is 26.0 Å². The first-order valence-electron chi connectivity index (χ1n) is 10.4. The number of benzene rings is 1. The van der Waals surface area contributed by atoms with Crippen molar-refractivity contribution in [1.29, 1.82) is 0 Å². The molecule has 11 heteroatoms. The Bertz CT molecular complexity index is 1220. The van der Waals surface area contributed by atoms with Crippen LogP contribution in [-0.2, 0) is 14.3 Å². The summed E-state index contributed by atoms with van der Waals surface area (Å²) in [4.78, 5) is 39.1. The number of pyridine rings is 1. The van der Waals surface area contributed by atoms with Crippen LogP contribution in [-0.4, -0.2) is 66.8 Å². The van der Waals surface area contributed by atoms with E-state index >= 15 is 4.39 Å². The molecule has 1 unspecified atom stereocenters. The Hall–Kier alpha value is -3.05. The minimum atomic E-state index is -1.30. The van der Waals surface area contributed by atoms with E-state index in [1.165, 1.54) is 18.9 Å². The first-order valence-corrected chi connectivity index (χ1v) is 11.3. The molecule has 2 aliphatic rings. The predicted octanol–water partition coefficient (Wildman–Crippen LogP) is 2.64. The van der Waals surface area contributed by atoms with Crippen molar-refractivity contribution in [2.24, 2.45) is 0 Å². The molecular weight excluding hydrogens is 453 g/mol. The van der Waals surface area contributed by atoms with E-state index in [-0.39, 0.29) is 16.3 Å². The van der Waals surface area contributed by atoms with Crippen LogP contribution in [0.2, 0.25) is 0 Å². The number of thioether (sulfide) groups is 1. The molecule has 1 fully saturated rings. The maximum atomic E-state index is 15.1. The number of nitrogens with zero attached hydrogens (tertiary/aromatic N) is 3. The van der Waals surface area contributed by atoms with Gasteiger partial charge in [-0.2, -0.15) is 0 Å². The van der Waals surface area contributed by atoms with E-state index in [2.05, 4.69) is 4.90 Å². The number of rotatable bonds is 7. The first kappa shape index (κ1) is 23.1. The summed E-state index contributed by atoms with van der Waals surface area (Å²) in [6.07, 6.45) is 0. The maximum Gasteiger partial charge on any atom is 0.342 e. The Morgan fingerprint density at radius 1 is 1.30 bits per heavy atom. The van der Waals surface area contributed by atoms with Gasteiger partial charge in [0.05, 0.1) is 35.3 Å². The zero-order chi connectivity index (χ0) is 23.9. The summed E-state index contributed by atoms with van der Waals surface area (Å²) in [6, 6.07) is 2.79. The molecule has 1 saturated heterocycles. The van der Waals surface area contributed by atoms with Gasteiger partial charge in [0.25, 0.3) is 6.47 Å². The Kier molecular flexibility index (Phi) is 6.35. The highest BCUT2D eigenvalue weighted by atomic mass is 32.2. The summed E-state index contributed by atoms with van der Waals surface area (Å²) in [7, 11) is 1.50. The van der Waals surface area contributed by atoms with Gasteiger partial charge < -0.3 is 24.0 Å². The molecule has 0 spiro atoms. The SMILES string of the molecule is COC(C)=C(CN1CCN(c2cc3c(cc2F)c(=O)c(C(=O)O)c2n3C(C)S2)CC1)OC=O. The molecule has 2 aliphatic heterocycles. The number of ether oxygens (including phenoxy) is 2.